The Kier molecular flexibility index (Phi) is 2.44. The fourth-order valence-corrected chi connectivity index (χ4v) is 1.41. The summed E-state index contributed by atoms with van der Waals surface area (Å²) in [5.74, 6) is 0.281. The minimum absolute atomic E-state index is 0.434. The standard InChI is InChI=1S/C8H10O3/c9-5-6-3-1-2-4-7(6)8(10)11/h7H,1-4H2,(H,10,11). The Morgan fingerprint density at radius 1 is 1.55 bits per heavy atom. The molecule has 1 fully saturated rings. The predicted octanol–water partition coefficient (Wildman–Crippen LogP) is 1.02. The summed E-state index contributed by atoms with van der Waals surface area (Å²) in [6.45, 7) is 0. The Bertz CT molecular complexity index is 213. The van der Waals surface area contributed by atoms with E-state index in [4.69, 9.17) is 5.11 Å². The third-order valence-corrected chi connectivity index (χ3v) is 2.04. The van der Waals surface area contributed by atoms with Crippen LogP contribution in [0.25, 0.3) is 0 Å². The molecular formula is C8H10O3. The van der Waals surface area contributed by atoms with E-state index in [1.165, 1.54) is 0 Å². The van der Waals surface area contributed by atoms with E-state index in [1.54, 1.807) is 5.94 Å². The van der Waals surface area contributed by atoms with Gasteiger partial charge in [-0.15, -0.1) is 0 Å². The van der Waals surface area contributed by atoms with Crippen LogP contribution in [0, 0.1) is 5.92 Å². The molecule has 1 aliphatic rings. The molecule has 11 heavy (non-hydrogen) atoms. The van der Waals surface area contributed by atoms with Crippen molar-refractivity contribution in [1.82, 2.24) is 0 Å². The number of carbonyl (C=O) groups is 1. The Balaban J connectivity index is 2.75. The molecule has 0 bridgehead atoms. The Labute approximate surface area is 64.7 Å². The normalized spacial score (nSPS) is 24.4. The van der Waals surface area contributed by atoms with Crippen LogP contribution in [0.3, 0.4) is 0 Å². The fraction of sp³-hybridized carbons (Fsp3) is 0.625. The first-order valence-electron chi connectivity index (χ1n) is 3.72. The van der Waals surface area contributed by atoms with Crippen LogP contribution in [-0.4, -0.2) is 17.0 Å². The van der Waals surface area contributed by atoms with Gasteiger partial charge in [-0.2, -0.15) is 0 Å². The topological polar surface area (TPSA) is 54.4 Å². The average Bonchev–Trinajstić information content (AvgIpc) is 2.04. The summed E-state index contributed by atoms with van der Waals surface area (Å²) >= 11 is 0. The quantitative estimate of drug-likeness (QED) is 0.573. The molecule has 0 radical (unpaired) electrons. The molecular weight excluding hydrogens is 144 g/mol. The summed E-state index contributed by atoms with van der Waals surface area (Å²) in [5.41, 5.74) is 0.434. The Morgan fingerprint density at radius 3 is 2.73 bits per heavy atom. The van der Waals surface area contributed by atoms with Crippen molar-refractivity contribution >= 4 is 11.9 Å². The lowest BCUT2D eigenvalue weighted by Gasteiger charge is -2.17. The maximum absolute atomic E-state index is 10.5. The molecule has 1 aliphatic carbocycles. The summed E-state index contributed by atoms with van der Waals surface area (Å²) in [4.78, 5) is 20.8. The van der Waals surface area contributed by atoms with Gasteiger partial charge in [0, 0.05) is 5.57 Å². The maximum Gasteiger partial charge on any atom is 0.311 e. The maximum atomic E-state index is 10.5. The zero-order valence-corrected chi connectivity index (χ0v) is 6.17. The van der Waals surface area contributed by atoms with Gasteiger partial charge in [0.15, 0.2) is 0 Å². The number of rotatable bonds is 1. The van der Waals surface area contributed by atoms with Gasteiger partial charge in [0.25, 0.3) is 0 Å². The number of carboxylic acids is 1. The highest BCUT2D eigenvalue weighted by Gasteiger charge is 2.25. The molecule has 0 aromatic heterocycles. The summed E-state index contributed by atoms with van der Waals surface area (Å²) in [6, 6.07) is 0. The van der Waals surface area contributed by atoms with E-state index in [-0.39, 0.29) is 0 Å². The smallest absolute Gasteiger partial charge is 0.311 e. The van der Waals surface area contributed by atoms with Crippen molar-refractivity contribution in [3.8, 4) is 0 Å². The highest BCUT2D eigenvalue weighted by molar-refractivity contribution is 5.77. The molecule has 0 amide bonds. The number of carbonyl (C=O) groups excluding carboxylic acids is 1. The van der Waals surface area contributed by atoms with Crippen LogP contribution in [0.4, 0.5) is 0 Å². The Hall–Kier alpha value is -1.08. The van der Waals surface area contributed by atoms with Crippen molar-refractivity contribution < 1.29 is 14.7 Å². The summed E-state index contributed by atoms with van der Waals surface area (Å²) in [6.07, 6.45) is 3.04. The SMILES string of the molecule is O=C=C1CCCCC1C(=O)O. The summed E-state index contributed by atoms with van der Waals surface area (Å²) < 4.78 is 0. The van der Waals surface area contributed by atoms with Crippen LogP contribution < -0.4 is 0 Å². The van der Waals surface area contributed by atoms with E-state index < -0.39 is 11.9 Å². The van der Waals surface area contributed by atoms with Crippen LogP contribution in [0.15, 0.2) is 5.57 Å². The van der Waals surface area contributed by atoms with Gasteiger partial charge >= 0.3 is 5.97 Å². The van der Waals surface area contributed by atoms with Crippen LogP contribution in [0.1, 0.15) is 25.7 Å². The second kappa shape index (κ2) is 3.35. The monoisotopic (exact) mass is 154 g/mol. The molecule has 0 saturated heterocycles. The van der Waals surface area contributed by atoms with Gasteiger partial charge < -0.3 is 5.11 Å². The zero-order valence-electron chi connectivity index (χ0n) is 6.17. The van der Waals surface area contributed by atoms with E-state index in [0.717, 1.165) is 12.8 Å². The van der Waals surface area contributed by atoms with E-state index in [2.05, 4.69) is 0 Å². The molecule has 60 valence electrons. The van der Waals surface area contributed by atoms with Crippen LogP contribution in [0.5, 0.6) is 0 Å². The first-order valence-corrected chi connectivity index (χ1v) is 3.72. The summed E-state index contributed by atoms with van der Waals surface area (Å²) in [5, 5.41) is 8.64. The predicted molar refractivity (Wildman–Crippen MR) is 38.8 cm³/mol. The molecule has 3 nitrogen and oxygen atoms in total. The van der Waals surface area contributed by atoms with Crippen molar-refractivity contribution in [1.29, 1.82) is 0 Å². The van der Waals surface area contributed by atoms with Gasteiger partial charge in [0.05, 0.1) is 5.92 Å². The molecule has 0 heterocycles. The van der Waals surface area contributed by atoms with Crippen LogP contribution >= 0.6 is 0 Å². The minimum Gasteiger partial charge on any atom is -0.481 e. The Morgan fingerprint density at radius 2 is 2.27 bits per heavy atom. The van der Waals surface area contributed by atoms with Gasteiger partial charge in [0.2, 0.25) is 0 Å². The molecule has 1 N–H and O–H groups in total. The molecule has 0 aromatic rings. The number of aliphatic carboxylic acids is 1. The molecule has 0 aliphatic heterocycles. The lowest BCUT2D eigenvalue weighted by Crippen LogP contribution is -2.19. The van der Waals surface area contributed by atoms with E-state index in [0.29, 0.717) is 18.4 Å². The largest absolute Gasteiger partial charge is 0.481 e. The van der Waals surface area contributed by atoms with Crippen molar-refractivity contribution in [2.75, 3.05) is 0 Å². The molecule has 1 atom stereocenters. The highest BCUT2D eigenvalue weighted by Crippen LogP contribution is 2.27. The third-order valence-electron chi connectivity index (χ3n) is 2.04. The number of carboxylic acid groups (broad SMARTS) is 1. The molecule has 0 aromatic carbocycles. The van der Waals surface area contributed by atoms with Crippen molar-refractivity contribution in [2.45, 2.75) is 25.7 Å². The van der Waals surface area contributed by atoms with Crippen molar-refractivity contribution in [3.05, 3.63) is 5.57 Å². The van der Waals surface area contributed by atoms with Gasteiger partial charge in [-0.1, -0.05) is 6.42 Å². The van der Waals surface area contributed by atoms with Crippen LogP contribution in [-0.2, 0) is 9.59 Å². The molecule has 0 spiro atoms. The van der Waals surface area contributed by atoms with Crippen LogP contribution in [0.2, 0.25) is 0 Å². The number of hydrogen-bond donors (Lipinski definition) is 1. The third kappa shape index (κ3) is 1.69. The van der Waals surface area contributed by atoms with E-state index in [1.807, 2.05) is 0 Å². The molecule has 3 heteroatoms. The van der Waals surface area contributed by atoms with E-state index >= 15 is 0 Å². The second-order valence-corrected chi connectivity index (χ2v) is 2.76. The van der Waals surface area contributed by atoms with Gasteiger partial charge in [-0.05, 0) is 19.3 Å². The second-order valence-electron chi connectivity index (χ2n) is 2.76. The fourth-order valence-electron chi connectivity index (χ4n) is 1.41. The zero-order chi connectivity index (χ0) is 8.27. The van der Waals surface area contributed by atoms with Crippen molar-refractivity contribution in [3.63, 3.8) is 0 Å². The van der Waals surface area contributed by atoms with Gasteiger partial charge in [0.1, 0.15) is 5.94 Å². The first kappa shape index (κ1) is 8.02. The average molecular weight is 154 g/mol. The van der Waals surface area contributed by atoms with E-state index in [9.17, 15) is 9.59 Å². The molecule has 1 saturated carbocycles. The minimum atomic E-state index is -0.886. The number of hydrogen-bond acceptors (Lipinski definition) is 2. The van der Waals surface area contributed by atoms with Gasteiger partial charge in [-0.25, -0.2) is 4.79 Å². The van der Waals surface area contributed by atoms with Crippen molar-refractivity contribution in [2.24, 2.45) is 5.92 Å². The lowest BCUT2D eigenvalue weighted by atomic mass is 9.85. The highest BCUT2D eigenvalue weighted by atomic mass is 16.4. The first-order chi connectivity index (χ1) is 5.25. The summed E-state index contributed by atoms with van der Waals surface area (Å²) in [7, 11) is 0. The lowest BCUT2D eigenvalue weighted by molar-refractivity contribution is -0.140. The molecule has 1 rings (SSSR count). The molecule has 1 unspecified atom stereocenters. The van der Waals surface area contributed by atoms with Gasteiger partial charge in [-0.3, -0.25) is 4.79 Å².